The molecule has 7 heteroatoms. The van der Waals surface area contributed by atoms with Crippen molar-refractivity contribution in [1.29, 1.82) is 0 Å². The van der Waals surface area contributed by atoms with Crippen molar-refractivity contribution >= 4 is 22.0 Å². The molecule has 2 heterocycles. The van der Waals surface area contributed by atoms with Crippen LogP contribution in [0.5, 0.6) is 5.75 Å². The predicted octanol–water partition coefficient (Wildman–Crippen LogP) is 1.43. The third-order valence-corrected chi connectivity index (χ3v) is 3.93. The molecule has 0 fully saturated rings. The van der Waals surface area contributed by atoms with E-state index in [-0.39, 0.29) is 5.75 Å². The topological polar surface area (TPSA) is 91.9 Å². The lowest BCUT2D eigenvalue weighted by molar-refractivity contribution is -0.583. The summed E-state index contributed by atoms with van der Waals surface area (Å²) >= 11 is 1.41. The van der Waals surface area contributed by atoms with Gasteiger partial charge in [-0.2, -0.15) is 0 Å². The summed E-state index contributed by atoms with van der Waals surface area (Å²) in [5.74, 6) is 1.14. The van der Waals surface area contributed by atoms with Crippen molar-refractivity contribution < 1.29 is 9.62 Å². The van der Waals surface area contributed by atoms with Crippen LogP contribution in [0, 0.1) is 6.92 Å². The maximum atomic E-state index is 10.1. The summed E-state index contributed by atoms with van der Waals surface area (Å²) in [5.41, 5.74) is 7.83. The Kier molecular flexibility index (Phi) is 2.63. The molecule has 0 saturated heterocycles. The molecule has 0 spiro atoms. The number of phenols is 1. The Balaban J connectivity index is 2.21. The molecule has 0 amide bonds. The van der Waals surface area contributed by atoms with Gasteiger partial charge in [0.15, 0.2) is 5.01 Å². The SMILES string of the molecule is CCc1[nH]nc2sc(-c3cc(N)cc(C)c3O)n[n+]12. The van der Waals surface area contributed by atoms with Gasteiger partial charge < -0.3 is 10.8 Å². The van der Waals surface area contributed by atoms with Crippen LogP contribution in [0.3, 0.4) is 0 Å². The molecule has 0 atom stereocenters. The minimum Gasteiger partial charge on any atom is -0.507 e. The van der Waals surface area contributed by atoms with Crippen LogP contribution in [0.2, 0.25) is 0 Å². The van der Waals surface area contributed by atoms with Gasteiger partial charge in [0, 0.05) is 12.1 Å². The fourth-order valence-corrected chi connectivity index (χ4v) is 2.89. The number of aromatic nitrogens is 4. The van der Waals surface area contributed by atoms with Crippen LogP contribution in [0.25, 0.3) is 15.5 Å². The summed E-state index contributed by atoms with van der Waals surface area (Å²) in [6.45, 7) is 3.85. The van der Waals surface area contributed by atoms with Crippen molar-refractivity contribution in [2.75, 3.05) is 5.73 Å². The Morgan fingerprint density at radius 2 is 2.26 bits per heavy atom. The first-order chi connectivity index (χ1) is 9.10. The van der Waals surface area contributed by atoms with E-state index in [1.165, 1.54) is 11.3 Å². The molecular weight excluding hydrogens is 262 g/mol. The number of H-pyrrole nitrogens is 1. The lowest BCUT2D eigenvalue weighted by atomic mass is 10.1. The fourth-order valence-electron chi connectivity index (χ4n) is 2.00. The molecule has 1 aromatic carbocycles. The van der Waals surface area contributed by atoms with E-state index in [0.29, 0.717) is 16.3 Å². The van der Waals surface area contributed by atoms with Crippen LogP contribution in [-0.2, 0) is 6.42 Å². The standard InChI is InChI=1S/C12H13N5OS/c1-3-9-14-15-12-17(9)16-11(19-12)8-5-7(13)4-6(2)10(8)18/h4-5H,3,13H2,1-2H3,(H,16,18)/p+1. The van der Waals surface area contributed by atoms with Crippen LogP contribution in [-0.4, -0.2) is 20.4 Å². The number of aromatic hydroxyl groups is 1. The summed E-state index contributed by atoms with van der Waals surface area (Å²) in [5, 5.41) is 22.5. The second-order valence-corrected chi connectivity index (χ2v) is 5.32. The molecule has 0 saturated carbocycles. The van der Waals surface area contributed by atoms with E-state index in [1.807, 2.05) is 13.8 Å². The summed E-state index contributed by atoms with van der Waals surface area (Å²) in [6, 6.07) is 3.47. The first-order valence-corrected chi connectivity index (χ1v) is 6.77. The number of hydrogen-bond donors (Lipinski definition) is 3. The average molecular weight is 276 g/mol. The number of nitrogens with zero attached hydrogens (tertiary/aromatic N) is 3. The number of nitrogen functional groups attached to an aromatic ring is 1. The van der Waals surface area contributed by atoms with Crippen LogP contribution in [0.1, 0.15) is 18.3 Å². The number of anilines is 1. The summed E-state index contributed by atoms with van der Waals surface area (Å²) < 4.78 is 1.76. The maximum absolute atomic E-state index is 10.1. The van der Waals surface area contributed by atoms with Gasteiger partial charge in [0.1, 0.15) is 5.75 Å². The first kappa shape index (κ1) is 11.9. The zero-order valence-corrected chi connectivity index (χ0v) is 11.5. The van der Waals surface area contributed by atoms with E-state index in [2.05, 4.69) is 15.3 Å². The number of benzene rings is 1. The summed E-state index contributed by atoms with van der Waals surface area (Å²) in [7, 11) is 0. The van der Waals surface area contributed by atoms with Crippen molar-refractivity contribution in [1.82, 2.24) is 15.3 Å². The number of fused-ring (bicyclic) bond motifs is 1. The Bertz CT molecular complexity index is 761. The highest BCUT2D eigenvalue weighted by Crippen LogP contribution is 2.35. The highest BCUT2D eigenvalue weighted by Gasteiger charge is 2.21. The average Bonchev–Trinajstić information content (AvgIpc) is 2.93. The van der Waals surface area contributed by atoms with Crippen molar-refractivity contribution in [2.45, 2.75) is 20.3 Å². The van der Waals surface area contributed by atoms with Crippen LogP contribution < -0.4 is 10.2 Å². The zero-order chi connectivity index (χ0) is 13.6. The normalized spacial score (nSPS) is 11.3. The number of phenolic OH excluding ortho intramolecular Hbond substituents is 1. The fraction of sp³-hybridized carbons (Fsp3) is 0.250. The molecule has 4 N–H and O–H groups in total. The van der Waals surface area contributed by atoms with E-state index in [0.717, 1.165) is 22.8 Å². The smallest absolute Gasteiger partial charge is 0.384 e. The number of rotatable bonds is 2. The third-order valence-electron chi connectivity index (χ3n) is 2.98. The molecular formula is C12H14N5OS+. The summed E-state index contributed by atoms with van der Waals surface area (Å²) in [6.07, 6.45) is 0.812. The molecule has 3 aromatic rings. The molecule has 0 unspecified atom stereocenters. The van der Waals surface area contributed by atoms with E-state index >= 15 is 0 Å². The summed E-state index contributed by atoms with van der Waals surface area (Å²) in [4.78, 5) is 0.770. The minimum absolute atomic E-state index is 0.216. The quantitative estimate of drug-likeness (QED) is 0.375. The second kappa shape index (κ2) is 4.20. The molecule has 98 valence electrons. The number of aromatic amines is 1. The highest BCUT2D eigenvalue weighted by molar-refractivity contribution is 7.19. The number of nitrogens with two attached hydrogens (primary N) is 1. The monoisotopic (exact) mass is 276 g/mol. The van der Waals surface area contributed by atoms with Gasteiger partial charge in [0.25, 0.3) is 5.82 Å². The van der Waals surface area contributed by atoms with Gasteiger partial charge in [-0.1, -0.05) is 16.5 Å². The molecule has 0 bridgehead atoms. The number of aryl methyl sites for hydroxylation is 2. The lowest BCUT2D eigenvalue weighted by Crippen LogP contribution is -2.25. The zero-order valence-electron chi connectivity index (χ0n) is 10.6. The molecule has 3 rings (SSSR count). The van der Waals surface area contributed by atoms with Gasteiger partial charge in [-0.15, -0.1) is 5.10 Å². The first-order valence-electron chi connectivity index (χ1n) is 5.95. The Hall–Kier alpha value is -2.15. The molecule has 0 aliphatic heterocycles. The van der Waals surface area contributed by atoms with Gasteiger partial charge in [0.2, 0.25) is 0 Å². The van der Waals surface area contributed by atoms with Gasteiger partial charge >= 0.3 is 4.96 Å². The predicted molar refractivity (Wildman–Crippen MR) is 73.0 cm³/mol. The van der Waals surface area contributed by atoms with Crippen LogP contribution in [0.15, 0.2) is 12.1 Å². The largest absolute Gasteiger partial charge is 0.507 e. The molecule has 0 aliphatic carbocycles. The Morgan fingerprint density at radius 1 is 1.47 bits per heavy atom. The van der Waals surface area contributed by atoms with Crippen molar-refractivity contribution in [3.05, 3.63) is 23.5 Å². The van der Waals surface area contributed by atoms with Gasteiger partial charge in [-0.3, -0.25) is 0 Å². The minimum atomic E-state index is 0.216. The van der Waals surface area contributed by atoms with E-state index in [4.69, 9.17) is 5.73 Å². The van der Waals surface area contributed by atoms with Crippen LogP contribution >= 0.6 is 11.3 Å². The van der Waals surface area contributed by atoms with Gasteiger partial charge in [0.05, 0.1) is 10.7 Å². The number of hydrogen-bond acceptors (Lipinski definition) is 5. The Morgan fingerprint density at radius 3 is 3.00 bits per heavy atom. The van der Waals surface area contributed by atoms with Crippen molar-refractivity contribution in [3.8, 4) is 16.3 Å². The van der Waals surface area contributed by atoms with Crippen molar-refractivity contribution in [2.24, 2.45) is 0 Å². The maximum Gasteiger partial charge on any atom is 0.384 e. The lowest BCUT2D eigenvalue weighted by Gasteiger charge is -2.05. The van der Waals surface area contributed by atoms with Crippen molar-refractivity contribution in [3.63, 3.8) is 0 Å². The molecule has 19 heavy (non-hydrogen) atoms. The van der Waals surface area contributed by atoms with E-state index in [9.17, 15) is 5.11 Å². The molecule has 0 aliphatic rings. The van der Waals surface area contributed by atoms with E-state index < -0.39 is 0 Å². The highest BCUT2D eigenvalue weighted by atomic mass is 32.1. The van der Waals surface area contributed by atoms with E-state index in [1.54, 1.807) is 16.6 Å². The van der Waals surface area contributed by atoms with Crippen LogP contribution in [0.4, 0.5) is 5.69 Å². The molecule has 2 aromatic heterocycles. The Labute approximate surface area is 113 Å². The second-order valence-electron chi connectivity index (χ2n) is 4.36. The van der Waals surface area contributed by atoms with Gasteiger partial charge in [-0.05, 0) is 36.0 Å². The molecule has 0 radical (unpaired) electrons. The van der Waals surface area contributed by atoms with Gasteiger partial charge in [-0.25, -0.2) is 0 Å². The molecule has 6 nitrogen and oxygen atoms in total. The third kappa shape index (κ3) is 1.82. The number of nitrogens with one attached hydrogen (secondary N) is 1.